The fourth-order valence-corrected chi connectivity index (χ4v) is 2.35. The standard InChI is InChI=1S/C11H14ClN3O7S/c1-14-10(17)6(13)4-22-11(18)15-7-2-5(12)3-8(9(7)16)23(19,20)21/h2-3,6,16H,4,13H2,1H3,(H,14,17)(H,15,18)(H,19,20,21)/t6-/m0/s1. The predicted molar refractivity (Wildman–Crippen MR) is 79.9 cm³/mol. The van der Waals surface area contributed by atoms with Gasteiger partial charge in [0, 0.05) is 12.1 Å². The number of halogens is 1. The van der Waals surface area contributed by atoms with E-state index in [-0.39, 0.29) is 5.02 Å². The number of nitrogens with two attached hydrogens (primary N) is 1. The van der Waals surface area contributed by atoms with Crippen LogP contribution in [-0.2, 0) is 19.6 Å². The second kappa shape index (κ2) is 7.46. The van der Waals surface area contributed by atoms with E-state index in [0.29, 0.717) is 0 Å². The van der Waals surface area contributed by atoms with Gasteiger partial charge in [-0.05, 0) is 12.1 Å². The first-order valence-corrected chi connectivity index (χ1v) is 7.79. The highest BCUT2D eigenvalue weighted by atomic mass is 35.5. The minimum atomic E-state index is -4.75. The van der Waals surface area contributed by atoms with Gasteiger partial charge in [-0.15, -0.1) is 0 Å². The van der Waals surface area contributed by atoms with Gasteiger partial charge in [0.25, 0.3) is 10.1 Å². The molecule has 12 heteroatoms. The lowest BCUT2D eigenvalue weighted by molar-refractivity contribution is -0.122. The van der Waals surface area contributed by atoms with Gasteiger partial charge in [-0.3, -0.25) is 14.7 Å². The number of carbonyl (C=O) groups is 2. The lowest BCUT2D eigenvalue weighted by Gasteiger charge is -2.13. The van der Waals surface area contributed by atoms with Crippen LogP contribution in [0.3, 0.4) is 0 Å². The smallest absolute Gasteiger partial charge is 0.411 e. The molecule has 1 rings (SSSR count). The summed E-state index contributed by atoms with van der Waals surface area (Å²) in [7, 11) is -3.40. The average molecular weight is 368 g/mol. The Hall–Kier alpha value is -2.08. The van der Waals surface area contributed by atoms with Crippen molar-refractivity contribution in [2.24, 2.45) is 5.73 Å². The van der Waals surface area contributed by atoms with Crippen molar-refractivity contribution in [1.29, 1.82) is 0 Å². The molecule has 0 aromatic heterocycles. The molecule has 0 aliphatic heterocycles. The van der Waals surface area contributed by atoms with E-state index >= 15 is 0 Å². The summed E-state index contributed by atoms with van der Waals surface area (Å²) < 4.78 is 35.8. The van der Waals surface area contributed by atoms with E-state index in [2.05, 4.69) is 10.1 Å². The summed E-state index contributed by atoms with van der Waals surface area (Å²) in [5, 5.41) is 13.8. The molecule has 128 valence electrons. The second-order valence-corrected chi connectivity index (χ2v) is 6.05. The van der Waals surface area contributed by atoms with Crippen molar-refractivity contribution in [3.63, 3.8) is 0 Å². The molecule has 0 aliphatic carbocycles. The summed E-state index contributed by atoms with van der Waals surface area (Å²) in [6, 6.07) is 0.725. The normalized spacial score (nSPS) is 12.3. The maximum absolute atomic E-state index is 11.6. The number of benzene rings is 1. The third-order valence-electron chi connectivity index (χ3n) is 2.53. The number of nitrogens with one attached hydrogen (secondary N) is 2. The molecule has 1 aromatic carbocycles. The molecule has 2 amide bonds. The third-order valence-corrected chi connectivity index (χ3v) is 3.62. The Bertz CT molecular complexity index is 723. The van der Waals surface area contributed by atoms with E-state index < -0.39 is 51.1 Å². The molecule has 0 aliphatic rings. The minimum Gasteiger partial charge on any atom is -0.504 e. The average Bonchev–Trinajstić information content (AvgIpc) is 2.46. The Morgan fingerprint density at radius 2 is 2.04 bits per heavy atom. The van der Waals surface area contributed by atoms with Crippen LogP contribution in [0.15, 0.2) is 17.0 Å². The van der Waals surface area contributed by atoms with Crippen LogP contribution in [0.25, 0.3) is 0 Å². The Labute approximate surface area is 136 Å². The first-order chi connectivity index (χ1) is 10.6. The molecule has 0 unspecified atom stereocenters. The van der Waals surface area contributed by atoms with Crippen LogP contribution in [0.4, 0.5) is 10.5 Å². The molecular formula is C11H14ClN3O7S. The van der Waals surface area contributed by atoms with Crippen LogP contribution in [0.2, 0.25) is 5.02 Å². The quantitative estimate of drug-likeness (QED) is 0.355. The summed E-state index contributed by atoms with van der Waals surface area (Å²) >= 11 is 5.65. The lowest BCUT2D eigenvalue weighted by Crippen LogP contribution is -2.42. The number of phenolic OH excluding ortho intramolecular Hbond substituents is 1. The lowest BCUT2D eigenvalue weighted by atomic mass is 10.3. The predicted octanol–water partition coefficient (Wildman–Crippen LogP) is -0.0859. The van der Waals surface area contributed by atoms with Gasteiger partial charge in [0.1, 0.15) is 17.5 Å². The van der Waals surface area contributed by atoms with Gasteiger partial charge in [-0.1, -0.05) is 11.6 Å². The van der Waals surface area contributed by atoms with E-state index in [9.17, 15) is 23.1 Å². The highest BCUT2D eigenvalue weighted by Crippen LogP contribution is 2.34. The number of carbonyl (C=O) groups excluding carboxylic acids is 2. The van der Waals surface area contributed by atoms with Crippen molar-refractivity contribution in [1.82, 2.24) is 5.32 Å². The maximum atomic E-state index is 11.6. The van der Waals surface area contributed by atoms with Gasteiger partial charge < -0.3 is 20.9 Å². The second-order valence-electron chi connectivity index (χ2n) is 4.22. The van der Waals surface area contributed by atoms with Crippen molar-refractivity contribution < 1.29 is 32.4 Å². The zero-order valence-electron chi connectivity index (χ0n) is 11.7. The molecular weight excluding hydrogens is 354 g/mol. The van der Waals surface area contributed by atoms with Gasteiger partial charge in [0.05, 0.1) is 5.69 Å². The van der Waals surface area contributed by atoms with E-state index in [1.54, 1.807) is 0 Å². The van der Waals surface area contributed by atoms with Gasteiger partial charge in [-0.25, -0.2) is 4.79 Å². The largest absolute Gasteiger partial charge is 0.504 e. The minimum absolute atomic E-state index is 0.173. The first kappa shape index (κ1) is 19.0. The SMILES string of the molecule is CNC(=O)[C@@H](N)COC(=O)Nc1cc(Cl)cc(S(=O)(=O)O)c1O. The molecule has 6 N–H and O–H groups in total. The van der Waals surface area contributed by atoms with Gasteiger partial charge >= 0.3 is 6.09 Å². The zero-order chi connectivity index (χ0) is 17.8. The Kier molecular flexibility index (Phi) is 6.15. The summed E-state index contributed by atoms with van der Waals surface area (Å²) in [4.78, 5) is 21.8. The van der Waals surface area contributed by atoms with E-state index in [0.717, 1.165) is 12.1 Å². The molecule has 1 aromatic rings. The van der Waals surface area contributed by atoms with Crippen LogP contribution in [0, 0.1) is 0 Å². The number of ether oxygens (including phenoxy) is 1. The topological polar surface area (TPSA) is 168 Å². The maximum Gasteiger partial charge on any atom is 0.411 e. The fraction of sp³-hybridized carbons (Fsp3) is 0.273. The van der Waals surface area contributed by atoms with E-state index in [4.69, 9.17) is 21.9 Å². The summed E-state index contributed by atoms with van der Waals surface area (Å²) in [6.45, 7) is -0.460. The van der Waals surface area contributed by atoms with Crippen LogP contribution < -0.4 is 16.4 Å². The molecule has 0 saturated heterocycles. The van der Waals surface area contributed by atoms with Gasteiger partial charge in [0.15, 0.2) is 5.75 Å². The van der Waals surface area contributed by atoms with E-state index in [1.807, 2.05) is 5.32 Å². The number of aromatic hydroxyl groups is 1. The molecule has 0 radical (unpaired) electrons. The number of anilines is 1. The molecule has 1 atom stereocenters. The van der Waals surface area contributed by atoms with E-state index in [1.165, 1.54) is 7.05 Å². The Morgan fingerprint density at radius 3 is 2.57 bits per heavy atom. The Morgan fingerprint density at radius 1 is 1.43 bits per heavy atom. The molecule has 10 nitrogen and oxygen atoms in total. The zero-order valence-corrected chi connectivity index (χ0v) is 13.3. The highest BCUT2D eigenvalue weighted by molar-refractivity contribution is 7.86. The van der Waals surface area contributed by atoms with Crippen LogP contribution in [0.1, 0.15) is 0 Å². The number of amides is 2. The first-order valence-electron chi connectivity index (χ1n) is 5.97. The van der Waals surface area contributed by atoms with Crippen molar-refractivity contribution in [3.05, 3.63) is 17.2 Å². The van der Waals surface area contributed by atoms with Crippen molar-refractivity contribution >= 4 is 39.4 Å². The monoisotopic (exact) mass is 367 g/mol. The van der Waals surface area contributed by atoms with Crippen LogP contribution in [0.5, 0.6) is 5.75 Å². The van der Waals surface area contributed by atoms with Crippen molar-refractivity contribution in [2.45, 2.75) is 10.9 Å². The fourth-order valence-electron chi connectivity index (χ4n) is 1.44. The molecule has 0 heterocycles. The van der Waals surface area contributed by atoms with Crippen molar-refractivity contribution in [2.75, 3.05) is 19.0 Å². The molecule has 0 saturated carbocycles. The number of rotatable bonds is 5. The highest BCUT2D eigenvalue weighted by Gasteiger charge is 2.21. The van der Waals surface area contributed by atoms with Crippen LogP contribution in [-0.4, -0.2) is 49.8 Å². The molecule has 0 spiro atoms. The number of likely N-dealkylation sites (N-methyl/N-ethyl adjacent to an activating group) is 1. The number of phenols is 1. The Balaban J connectivity index is 2.87. The van der Waals surface area contributed by atoms with Gasteiger partial charge in [0.2, 0.25) is 5.91 Å². The summed E-state index contributed by atoms with van der Waals surface area (Å²) in [6.07, 6.45) is -1.12. The third kappa shape index (κ3) is 5.25. The number of hydrogen-bond acceptors (Lipinski definition) is 7. The number of hydrogen-bond donors (Lipinski definition) is 5. The van der Waals surface area contributed by atoms with Crippen molar-refractivity contribution in [3.8, 4) is 5.75 Å². The molecule has 23 heavy (non-hydrogen) atoms. The van der Waals surface area contributed by atoms with Gasteiger partial charge in [-0.2, -0.15) is 8.42 Å². The molecule has 0 bridgehead atoms. The molecule has 0 fully saturated rings. The van der Waals surface area contributed by atoms with Crippen LogP contribution >= 0.6 is 11.6 Å². The summed E-state index contributed by atoms with van der Waals surface area (Å²) in [5.74, 6) is -1.48. The summed E-state index contributed by atoms with van der Waals surface area (Å²) in [5.41, 5.74) is 4.99.